The van der Waals surface area contributed by atoms with Gasteiger partial charge in [-0.05, 0) is 18.1 Å². The fourth-order valence-corrected chi connectivity index (χ4v) is 2.02. The fourth-order valence-electron chi connectivity index (χ4n) is 2.02. The highest BCUT2D eigenvalue weighted by Crippen LogP contribution is 2.27. The molecule has 1 aromatic carbocycles. The third-order valence-corrected chi connectivity index (χ3v) is 2.88. The van der Waals surface area contributed by atoms with E-state index in [1.54, 1.807) is 13.8 Å². The molecule has 0 aliphatic rings. The van der Waals surface area contributed by atoms with Gasteiger partial charge in [0.1, 0.15) is 18.0 Å². The van der Waals surface area contributed by atoms with Gasteiger partial charge in [0.05, 0.1) is 19.8 Å². The largest absolute Gasteiger partial charge is 0.497 e. The third-order valence-electron chi connectivity index (χ3n) is 2.88. The van der Waals surface area contributed by atoms with Crippen LogP contribution < -0.4 is 9.47 Å². The van der Waals surface area contributed by atoms with Crippen LogP contribution in [0.15, 0.2) is 18.2 Å². The Kier molecular flexibility index (Phi) is 6.08. The SMILES string of the molecule is COc1ccc(C(=O)N(CC(C)C)CC(F)(F)F)c(OC)c1. The monoisotopic (exact) mass is 319 g/mol. The molecular weight excluding hydrogens is 299 g/mol. The molecule has 0 saturated carbocycles. The van der Waals surface area contributed by atoms with E-state index in [4.69, 9.17) is 9.47 Å². The summed E-state index contributed by atoms with van der Waals surface area (Å²) in [5, 5.41) is 0. The molecule has 22 heavy (non-hydrogen) atoms. The van der Waals surface area contributed by atoms with Crippen LogP contribution in [0.5, 0.6) is 11.5 Å². The van der Waals surface area contributed by atoms with Gasteiger partial charge in [-0.15, -0.1) is 0 Å². The fraction of sp³-hybridized carbons (Fsp3) is 0.533. The summed E-state index contributed by atoms with van der Waals surface area (Å²) in [5.74, 6) is -0.166. The Hall–Kier alpha value is -1.92. The van der Waals surface area contributed by atoms with Crippen molar-refractivity contribution in [3.63, 3.8) is 0 Å². The number of hydrogen-bond donors (Lipinski definition) is 0. The lowest BCUT2D eigenvalue weighted by atomic mass is 10.1. The summed E-state index contributed by atoms with van der Waals surface area (Å²) < 4.78 is 48.2. The Bertz CT molecular complexity index is 515. The molecule has 0 aliphatic heterocycles. The maximum absolute atomic E-state index is 12.7. The minimum atomic E-state index is -4.45. The molecule has 1 amide bonds. The summed E-state index contributed by atoms with van der Waals surface area (Å²) in [7, 11) is 2.80. The smallest absolute Gasteiger partial charge is 0.406 e. The van der Waals surface area contributed by atoms with Crippen LogP contribution in [-0.2, 0) is 0 Å². The van der Waals surface area contributed by atoms with Crippen LogP contribution in [0.3, 0.4) is 0 Å². The molecule has 0 saturated heterocycles. The lowest BCUT2D eigenvalue weighted by Crippen LogP contribution is -2.41. The number of nitrogens with zero attached hydrogens (tertiary/aromatic N) is 1. The number of carbonyl (C=O) groups excluding carboxylic acids is 1. The minimum Gasteiger partial charge on any atom is -0.497 e. The van der Waals surface area contributed by atoms with Crippen molar-refractivity contribution in [2.75, 3.05) is 27.3 Å². The topological polar surface area (TPSA) is 38.8 Å². The summed E-state index contributed by atoms with van der Waals surface area (Å²) >= 11 is 0. The van der Waals surface area contributed by atoms with Gasteiger partial charge in [0.25, 0.3) is 5.91 Å². The Balaban J connectivity index is 3.12. The average molecular weight is 319 g/mol. The number of alkyl halides is 3. The van der Waals surface area contributed by atoms with E-state index < -0.39 is 18.6 Å². The number of carbonyl (C=O) groups is 1. The first kappa shape index (κ1) is 18.1. The van der Waals surface area contributed by atoms with Crippen molar-refractivity contribution < 1.29 is 27.4 Å². The van der Waals surface area contributed by atoms with E-state index in [1.165, 1.54) is 32.4 Å². The predicted octanol–water partition coefficient (Wildman–Crippen LogP) is 3.36. The van der Waals surface area contributed by atoms with Crippen LogP contribution in [0.25, 0.3) is 0 Å². The van der Waals surface area contributed by atoms with E-state index in [-0.39, 0.29) is 23.8 Å². The molecule has 0 unspecified atom stereocenters. The van der Waals surface area contributed by atoms with Gasteiger partial charge in [-0.25, -0.2) is 0 Å². The zero-order valence-electron chi connectivity index (χ0n) is 13.0. The molecule has 0 bridgehead atoms. The zero-order valence-corrected chi connectivity index (χ0v) is 13.0. The summed E-state index contributed by atoms with van der Waals surface area (Å²) in [5.41, 5.74) is 0.0770. The van der Waals surface area contributed by atoms with Gasteiger partial charge < -0.3 is 14.4 Å². The van der Waals surface area contributed by atoms with Crippen molar-refractivity contribution in [3.05, 3.63) is 23.8 Å². The number of amides is 1. The van der Waals surface area contributed by atoms with Crippen LogP contribution in [0.2, 0.25) is 0 Å². The van der Waals surface area contributed by atoms with E-state index >= 15 is 0 Å². The van der Waals surface area contributed by atoms with Gasteiger partial charge in [-0.2, -0.15) is 13.2 Å². The number of halogens is 3. The Morgan fingerprint density at radius 2 is 1.86 bits per heavy atom. The number of ether oxygens (including phenoxy) is 2. The molecule has 1 aromatic rings. The second-order valence-corrected chi connectivity index (χ2v) is 5.26. The second kappa shape index (κ2) is 7.38. The van der Waals surface area contributed by atoms with Crippen molar-refractivity contribution in [1.29, 1.82) is 0 Å². The Labute approximate surface area is 127 Å². The molecule has 0 aliphatic carbocycles. The molecule has 0 aromatic heterocycles. The molecule has 1 rings (SSSR count). The molecule has 0 radical (unpaired) electrons. The van der Waals surface area contributed by atoms with E-state index in [0.717, 1.165) is 4.90 Å². The van der Waals surface area contributed by atoms with Crippen LogP contribution in [0.4, 0.5) is 13.2 Å². The maximum Gasteiger partial charge on any atom is 0.406 e. The maximum atomic E-state index is 12.7. The Morgan fingerprint density at radius 3 is 2.32 bits per heavy atom. The molecule has 7 heteroatoms. The molecule has 0 heterocycles. The average Bonchev–Trinajstić information content (AvgIpc) is 2.43. The molecule has 4 nitrogen and oxygen atoms in total. The lowest BCUT2D eigenvalue weighted by molar-refractivity contribution is -0.141. The van der Waals surface area contributed by atoms with Crippen molar-refractivity contribution in [2.45, 2.75) is 20.0 Å². The molecule has 0 atom stereocenters. The second-order valence-electron chi connectivity index (χ2n) is 5.26. The number of rotatable bonds is 6. The quantitative estimate of drug-likeness (QED) is 0.807. The lowest BCUT2D eigenvalue weighted by Gasteiger charge is -2.26. The van der Waals surface area contributed by atoms with Crippen LogP contribution in [0, 0.1) is 5.92 Å². The molecule has 0 spiro atoms. The van der Waals surface area contributed by atoms with Crippen molar-refractivity contribution >= 4 is 5.91 Å². The highest BCUT2D eigenvalue weighted by atomic mass is 19.4. The van der Waals surface area contributed by atoms with E-state index in [9.17, 15) is 18.0 Å². The summed E-state index contributed by atoms with van der Waals surface area (Å²) in [6, 6.07) is 4.38. The van der Waals surface area contributed by atoms with Crippen LogP contribution >= 0.6 is 0 Å². The standard InChI is InChI=1S/C15H20F3NO3/c1-10(2)8-19(9-15(16,17)18)14(20)12-6-5-11(21-3)7-13(12)22-4/h5-7,10H,8-9H2,1-4H3. The predicted molar refractivity (Wildman–Crippen MR) is 76.3 cm³/mol. The van der Waals surface area contributed by atoms with E-state index in [2.05, 4.69) is 0 Å². The van der Waals surface area contributed by atoms with Crippen molar-refractivity contribution in [3.8, 4) is 11.5 Å². The van der Waals surface area contributed by atoms with Crippen molar-refractivity contribution in [1.82, 2.24) is 4.90 Å². The summed E-state index contributed by atoms with van der Waals surface area (Å²) in [6.07, 6.45) is -4.45. The third kappa shape index (κ3) is 5.13. The number of benzene rings is 1. The zero-order chi connectivity index (χ0) is 16.9. The van der Waals surface area contributed by atoms with Gasteiger partial charge in [-0.1, -0.05) is 13.8 Å². The first-order valence-corrected chi connectivity index (χ1v) is 6.76. The first-order chi connectivity index (χ1) is 10.2. The highest BCUT2D eigenvalue weighted by Gasteiger charge is 2.34. The van der Waals surface area contributed by atoms with Gasteiger partial charge in [0, 0.05) is 12.6 Å². The van der Waals surface area contributed by atoms with Gasteiger partial charge >= 0.3 is 6.18 Å². The number of methoxy groups -OCH3 is 2. The minimum absolute atomic E-state index is 0.00747. The molecule has 0 fully saturated rings. The summed E-state index contributed by atoms with van der Waals surface area (Å²) in [6.45, 7) is 2.22. The van der Waals surface area contributed by atoms with Crippen LogP contribution in [-0.4, -0.2) is 44.3 Å². The normalized spacial score (nSPS) is 11.5. The molecule has 0 N–H and O–H groups in total. The van der Waals surface area contributed by atoms with Gasteiger partial charge in [0.15, 0.2) is 0 Å². The number of hydrogen-bond acceptors (Lipinski definition) is 3. The highest BCUT2D eigenvalue weighted by molar-refractivity contribution is 5.97. The van der Waals surface area contributed by atoms with Crippen molar-refractivity contribution in [2.24, 2.45) is 5.92 Å². The van der Waals surface area contributed by atoms with Gasteiger partial charge in [0.2, 0.25) is 0 Å². The van der Waals surface area contributed by atoms with E-state index in [1.807, 2.05) is 0 Å². The first-order valence-electron chi connectivity index (χ1n) is 6.76. The molecular formula is C15H20F3NO3. The van der Waals surface area contributed by atoms with E-state index in [0.29, 0.717) is 5.75 Å². The van der Waals surface area contributed by atoms with Crippen LogP contribution in [0.1, 0.15) is 24.2 Å². The van der Waals surface area contributed by atoms with Gasteiger partial charge in [-0.3, -0.25) is 4.79 Å². The Morgan fingerprint density at radius 1 is 1.23 bits per heavy atom. The summed E-state index contributed by atoms with van der Waals surface area (Å²) in [4.78, 5) is 13.2. The molecule has 124 valence electrons.